The summed E-state index contributed by atoms with van der Waals surface area (Å²) in [5, 5.41) is 19.4. The molecule has 0 aromatic carbocycles. The number of hydrogen-bond donors (Lipinski definition) is 2. The van der Waals surface area contributed by atoms with Crippen LogP contribution in [0.1, 0.15) is 20.3 Å². The fraction of sp³-hybridized carbons (Fsp3) is 0.471. The second-order valence-corrected chi connectivity index (χ2v) is 7.86. The Labute approximate surface area is 144 Å². The SMILES string of the molecule is C[C@@H](C[n+]1ccccc1)SC1=C(C(=O)O)N2C(=O)[C@H]([C@@H](C)O)[C@H]2C1. The molecule has 0 spiro atoms. The third kappa shape index (κ3) is 2.93. The zero-order valence-electron chi connectivity index (χ0n) is 13.6. The molecule has 0 bridgehead atoms. The van der Waals surface area contributed by atoms with Crippen molar-refractivity contribution in [1.29, 1.82) is 0 Å². The Morgan fingerprint density at radius 1 is 1.38 bits per heavy atom. The van der Waals surface area contributed by atoms with E-state index < -0.39 is 18.0 Å². The normalized spacial score (nSPS) is 25.3. The number of amides is 1. The Kier molecular flexibility index (Phi) is 4.64. The fourth-order valence-electron chi connectivity index (χ4n) is 3.47. The molecule has 2 aliphatic heterocycles. The summed E-state index contributed by atoms with van der Waals surface area (Å²) in [6.07, 6.45) is 3.70. The number of carbonyl (C=O) groups is 2. The highest BCUT2D eigenvalue weighted by Gasteiger charge is 2.56. The van der Waals surface area contributed by atoms with Gasteiger partial charge in [-0.25, -0.2) is 9.36 Å². The van der Waals surface area contributed by atoms with E-state index in [1.165, 1.54) is 16.7 Å². The van der Waals surface area contributed by atoms with Crippen LogP contribution in [0.5, 0.6) is 0 Å². The molecule has 0 unspecified atom stereocenters. The summed E-state index contributed by atoms with van der Waals surface area (Å²) in [5.74, 6) is -1.85. The largest absolute Gasteiger partial charge is 0.477 e. The lowest BCUT2D eigenvalue weighted by Gasteiger charge is -2.44. The maximum atomic E-state index is 12.2. The molecule has 24 heavy (non-hydrogen) atoms. The van der Waals surface area contributed by atoms with E-state index in [1.54, 1.807) is 6.92 Å². The van der Waals surface area contributed by atoms with Crippen molar-refractivity contribution in [3.63, 3.8) is 0 Å². The molecule has 3 rings (SSSR count). The van der Waals surface area contributed by atoms with E-state index >= 15 is 0 Å². The summed E-state index contributed by atoms with van der Waals surface area (Å²) >= 11 is 1.50. The van der Waals surface area contributed by atoms with Crippen LogP contribution in [-0.4, -0.2) is 44.4 Å². The minimum Gasteiger partial charge on any atom is -0.477 e. The highest BCUT2D eigenvalue weighted by Crippen LogP contribution is 2.47. The number of carbonyl (C=O) groups excluding carboxylic acids is 1. The van der Waals surface area contributed by atoms with Crippen molar-refractivity contribution in [2.45, 2.75) is 44.2 Å². The van der Waals surface area contributed by atoms with E-state index in [4.69, 9.17) is 0 Å². The number of hydrogen-bond acceptors (Lipinski definition) is 4. The maximum Gasteiger partial charge on any atom is 0.353 e. The van der Waals surface area contributed by atoms with E-state index in [1.807, 2.05) is 42.1 Å². The molecule has 1 aromatic heterocycles. The second kappa shape index (κ2) is 6.57. The van der Waals surface area contributed by atoms with Crippen molar-refractivity contribution in [2.24, 2.45) is 5.92 Å². The van der Waals surface area contributed by atoms with Gasteiger partial charge in [0.15, 0.2) is 18.9 Å². The van der Waals surface area contributed by atoms with Gasteiger partial charge in [-0.05, 0) is 13.8 Å². The smallest absolute Gasteiger partial charge is 0.353 e. The second-order valence-electron chi connectivity index (χ2n) is 6.32. The van der Waals surface area contributed by atoms with Gasteiger partial charge in [-0.3, -0.25) is 4.79 Å². The molecule has 1 fully saturated rings. The van der Waals surface area contributed by atoms with Crippen LogP contribution in [0, 0.1) is 5.92 Å². The number of nitrogens with zero attached hydrogens (tertiary/aromatic N) is 2. The van der Waals surface area contributed by atoms with Gasteiger partial charge in [-0.2, -0.15) is 0 Å². The Morgan fingerprint density at radius 2 is 2.04 bits per heavy atom. The molecule has 4 atom stereocenters. The number of fused-ring (bicyclic) bond motifs is 1. The van der Waals surface area contributed by atoms with Gasteiger partial charge in [-0.15, -0.1) is 11.8 Å². The predicted molar refractivity (Wildman–Crippen MR) is 88.8 cm³/mol. The van der Waals surface area contributed by atoms with Crippen LogP contribution in [0.25, 0.3) is 0 Å². The van der Waals surface area contributed by atoms with Crippen LogP contribution >= 0.6 is 11.8 Å². The number of thioether (sulfide) groups is 1. The maximum absolute atomic E-state index is 12.2. The van der Waals surface area contributed by atoms with Crippen LogP contribution < -0.4 is 4.57 Å². The fourth-order valence-corrected chi connectivity index (χ4v) is 4.77. The average Bonchev–Trinajstić information content (AvgIpc) is 2.82. The first-order chi connectivity index (χ1) is 11.4. The van der Waals surface area contributed by atoms with E-state index in [0.29, 0.717) is 6.42 Å². The number of carboxylic acids is 1. The molecular weight excluding hydrogens is 328 g/mol. The van der Waals surface area contributed by atoms with Gasteiger partial charge in [-0.1, -0.05) is 6.07 Å². The van der Waals surface area contributed by atoms with E-state index in [-0.39, 0.29) is 22.9 Å². The number of aromatic nitrogens is 1. The summed E-state index contributed by atoms with van der Waals surface area (Å²) in [6.45, 7) is 4.38. The molecule has 1 amide bonds. The standard InChI is InChI=1S/C17H20N2O4S/c1-10(9-18-6-4-3-5-7-18)24-13-8-12-14(11(2)20)16(21)19(12)15(13)17(22)23/h3-7,10-12,14,20H,8-9H2,1-2H3/p+1/t10-,11+,12+,14+/m0/s1. The Hall–Kier alpha value is -1.86. The Bertz CT molecular complexity index is 689. The Balaban J connectivity index is 1.75. The number of pyridine rings is 1. The third-order valence-electron chi connectivity index (χ3n) is 4.48. The molecule has 2 aliphatic rings. The van der Waals surface area contributed by atoms with Crippen LogP contribution in [0.2, 0.25) is 0 Å². The monoisotopic (exact) mass is 349 g/mol. The number of aliphatic carboxylic acids is 1. The first-order valence-electron chi connectivity index (χ1n) is 7.98. The van der Waals surface area contributed by atoms with Crippen LogP contribution in [0.3, 0.4) is 0 Å². The molecule has 0 aliphatic carbocycles. The highest BCUT2D eigenvalue weighted by atomic mass is 32.2. The number of aliphatic hydroxyl groups is 1. The lowest BCUT2D eigenvalue weighted by molar-refractivity contribution is -0.695. The molecule has 128 valence electrons. The van der Waals surface area contributed by atoms with Gasteiger partial charge in [0.1, 0.15) is 5.70 Å². The van der Waals surface area contributed by atoms with Crippen molar-refractivity contribution >= 4 is 23.6 Å². The van der Waals surface area contributed by atoms with Gasteiger partial charge < -0.3 is 15.1 Å². The molecular formula is C17H21N2O4S+. The molecule has 1 aromatic rings. The van der Waals surface area contributed by atoms with Crippen LogP contribution in [0.4, 0.5) is 0 Å². The first-order valence-corrected chi connectivity index (χ1v) is 8.86. The number of β-lactam (4-membered cyclic amide) rings is 1. The number of rotatable bonds is 6. The lowest BCUT2D eigenvalue weighted by atomic mass is 9.83. The van der Waals surface area contributed by atoms with Gasteiger partial charge in [0.25, 0.3) is 0 Å². The van der Waals surface area contributed by atoms with Crippen molar-refractivity contribution in [2.75, 3.05) is 0 Å². The molecule has 0 radical (unpaired) electrons. The third-order valence-corrected chi connectivity index (χ3v) is 5.68. The van der Waals surface area contributed by atoms with Crippen LogP contribution in [0.15, 0.2) is 41.2 Å². The van der Waals surface area contributed by atoms with Gasteiger partial charge in [0.05, 0.1) is 23.3 Å². The van der Waals surface area contributed by atoms with E-state index in [0.717, 1.165) is 11.4 Å². The van der Waals surface area contributed by atoms with E-state index in [2.05, 4.69) is 0 Å². The predicted octanol–water partition coefficient (Wildman–Crippen LogP) is 1.00. The summed E-state index contributed by atoms with van der Waals surface area (Å²) in [6, 6.07) is 5.63. The number of carboxylic acid groups (broad SMARTS) is 1. The summed E-state index contributed by atoms with van der Waals surface area (Å²) < 4.78 is 2.05. The van der Waals surface area contributed by atoms with Crippen molar-refractivity contribution in [3.05, 3.63) is 41.2 Å². The highest BCUT2D eigenvalue weighted by molar-refractivity contribution is 8.03. The molecule has 7 heteroatoms. The minimum absolute atomic E-state index is 0.0943. The van der Waals surface area contributed by atoms with Crippen molar-refractivity contribution in [3.8, 4) is 0 Å². The topological polar surface area (TPSA) is 81.7 Å². The van der Waals surface area contributed by atoms with Crippen LogP contribution in [-0.2, 0) is 16.1 Å². The molecule has 1 saturated heterocycles. The summed E-state index contributed by atoms with van der Waals surface area (Å²) in [4.78, 5) is 25.9. The molecule has 0 saturated carbocycles. The van der Waals surface area contributed by atoms with Crippen molar-refractivity contribution in [1.82, 2.24) is 4.90 Å². The lowest BCUT2D eigenvalue weighted by Crippen LogP contribution is -2.61. The zero-order chi connectivity index (χ0) is 17.4. The minimum atomic E-state index is -1.07. The number of aliphatic hydroxyl groups excluding tert-OH is 1. The first kappa shape index (κ1) is 17.0. The molecule has 2 N–H and O–H groups in total. The summed E-state index contributed by atoms with van der Waals surface area (Å²) in [5.41, 5.74) is 0.0943. The van der Waals surface area contributed by atoms with Crippen molar-refractivity contribution < 1.29 is 24.4 Å². The van der Waals surface area contributed by atoms with Gasteiger partial charge in [0, 0.05) is 23.5 Å². The average molecular weight is 349 g/mol. The zero-order valence-corrected chi connectivity index (χ0v) is 14.4. The summed E-state index contributed by atoms with van der Waals surface area (Å²) in [7, 11) is 0. The molecule has 6 nitrogen and oxygen atoms in total. The van der Waals surface area contributed by atoms with E-state index in [9.17, 15) is 19.8 Å². The van der Waals surface area contributed by atoms with Gasteiger partial charge in [0.2, 0.25) is 5.91 Å². The quantitative estimate of drug-likeness (QED) is 0.592. The Morgan fingerprint density at radius 3 is 2.62 bits per heavy atom. The van der Waals surface area contributed by atoms with Gasteiger partial charge >= 0.3 is 5.97 Å². The molecule has 3 heterocycles.